The molecule has 0 bridgehead atoms. The smallest absolute Gasteiger partial charge is 0.333 e. The van der Waals surface area contributed by atoms with Gasteiger partial charge in [-0.05, 0) is 25.0 Å². The summed E-state index contributed by atoms with van der Waals surface area (Å²) in [6.45, 7) is 0.484. The quantitative estimate of drug-likeness (QED) is 0.277. The summed E-state index contributed by atoms with van der Waals surface area (Å²) in [5.41, 5.74) is 2.05. The van der Waals surface area contributed by atoms with Crippen LogP contribution >= 0.6 is 0 Å². The molecule has 0 atom stereocenters. The molecule has 1 saturated carbocycles. The van der Waals surface area contributed by atoms with Gasteiger partial charge in [-0.15, -0.1) is 0 Å². The Bertz CT molecular complexity index is 1690. The van der Waals surface area contributed by atoms with E-state index in [9.17, 15) is 22.8 Å². The number of carbonyl (C=O) groups is 1. The van der Waals surface area contributed by atoms with Crippen LogP contribution in [0.15, 0.2) is 32.9 Å². The van der Waals surface area contributed by atoms with Gasteiger partial charge in [-0.3, -0.25) is 18.7 Å². The van der Waals surface area contributed by atoms with Crippen LogP contribution in [0.5, 0.6) is 5.75 Å². The van der Waals surface area contributed by atoms with Gasteiger partial charge >= 0.3 is 5.69 Å². The van der Waals surface area contributed by atoms with Gasteiger partial charge in [0.2, 0.25) is 20.9 Å². The van der Waals surface area contributed by atoms with E-state index < -0.39 is 26.2 Å². The highest BCUT2D eigenvalue weighted by Crippen LogP contribution is 2.31. The zero-order valence-corrected chi connectivity index (χ0v) is 22.2. The Kier molecular flexibility index (Phi) is 7.61. The summed E-state index contributed by atoms with van der Waals surface area (Å²) >= 11 is 0. The molecule has 202 valence electrons. The first kappa shape index (κ1) is 27.0. The molecule has 1 amide bonds. The Balaban J connectivity index is 1.73. The number of hydrogen-bond donors (Lipinski definition) is 2. The number of benzene rings is 1. The second kappa shape index (κ2) is 10.7. The van der Waals surface area contributed by atoms with Gasteiger partial charge in [-0.2, -0.15) is 4.98 Å². The number of ether oxygens (including phenoxy) is 2. The van der Waals surface area contributed by atoms with Crippen molar-refractivity contribution in [2.24, 2.45) is 13.0 Å². The molecule has 0 unspecified atom stereocenters. The third-order valence-electron chi connectivity index (χ3n) is 5.81. The predicted octanol–water partition coefficient (Wildman–Crippen LogP) is -0.101. The van der Waals surface area contributed by atoms with Gasteiger partial charge < -0.3 is 20.2 Å². The standard InChI is InChI=1S/C24H28N6O7S/c1-25-30-19-20(27-23(30)38(4,34)35)29(24(33)28(2)22(19)32)9-5-6-15-12-17(26-21(31)16-7-8-16)14-18(13-15)37-11-10-36-3/h12-14,16,25H,7-11H2,1-4H3,(H,26,31). The molecule has 4 rings (SSSR count). The lowest BCUT2D eigenvalue weighted by Crippen LogP contribution is -2.39. The second-order valence-corrected chi connectivity index (χ2v) is 10.7. The van der Waals surface area contributed by atoms with Crippen LogP contribution in [0.1, 0.15) is 18.4 Å². The van der Waals surface area contributed by atoms with Crippen molar-refractivity contribution in [3.05, 3.63) is 44.6 Å². The van der Waals surface area contributed by atoms with Gasteiger partial charge in [-0.1, -0.05) is 11.8 Å². The van der Waals surface area contributed by atoms with Gasteiger partial charge in [0.25, 0.3) is 5.56 Å². The van der Waals surface area contributed by atoms with Crippen LogP contribution in [0.25, 0.3) is 11.2 Å². The first-order chi connectivity index (χ1) is 18.0. The van der Waals surface area contributed by atoms with Gasteiger partial charge in [-0.25, -0.2) is 17.9 Å². The van der Waals surface area contributed by atoms with Crippen molar-refractivity contribution < 1.29 is 22.7 Å². The minimum Gasteiger partial charge on any atom is -0.491 e. The summed E-state index contributed by atoms with van der Waals surface area (Å²) in [6, 6.07) is 5.07. The molecule has 0 saturated heterocycles. The summed E-state index contributed by atoms with van der Waals surface area (Å²) in [6.07, 6.45) is 2.67. The molecule has 1 aliphatic carbocycles. The number of rotatable bonds is 9. The molecule has 1 aliphatic rings. The molecular weight excluding hydrogens is 516 g/mol. The molecule has 0 aliphatic heterocycles. The molecule has 14 heteroatoms. The SMILES string of the molecule is CNn1c(S(C)(=O)=O)nc2c1c(=O)n(C)c(=O)n2CC#Cc1cc(NC(=O)C2CC2)cc(OCCOC)c1. The molecule has 13 nitrogen and oxygen atoms in total. The average molecular weight is 545 g/mol. The third kappa shape index (κ3) is 5.58. The number of methoxy groups -OCH3 is 1. The number of anilines is 1. The Labute approximate surface area is 218 Å². The summed E-state index contributed by atoms with van der Waals surface area (Å²) in [5, 5.41) is 2.47. The fraction of sp³-hybridized carbons (Fsp3) is 0.417. The first-order valence-electron chi connectivity index (χ1n) is 11.7. The van der Waals surface area contributed by atoms with E-state index in [0.29, 0.717) is 30.2 Å². The molecule has 0 spiro atoms. The number of fused-ring (bicyclic) bond motifs is 1. The highest BCUT2D eigenvalue weighted by atomic mass is 32.2. The minimum absolute atomic E-state index is 0.0100. The number of nitrogens with one attached hydrogen (secondary N) is 2. The molecule has 2 aromatic heterocycles. The maximum Gasteiger partial charge on any atom is 0.333 e. The lowest BCUT2D eigenvalue weighted by Gasteiger charge is -2.10. The predicted molar refractivity (Wildman–Crippen MR) is 140 cm³/mol. The zero-order chi connectivity index (χ0) is 27.6. The van der Waals surface area contributed by atoms with Crippen LogP contribution in [-0.4, -0.2) is 66.7 Å². The molecule has 0 radical (unpaired) electrons. The van der Waals surface area contributed by atoms with Crippen molar-refractivity contribution in [3.63, 3.8) is 0 Å². The van der Waals surface area contributed by atoms with Gasteiger partial charge in [0.1, 0.15) is 12.4 Å². The van der Waals surface area contributed by atoms with Crippen molar-refractivity contribution in [1.82, 2.24) is 18.8 Å². The molecule has 3 aromatic rings. The largest absolute Gasteiger partial charge is 0.491 e. The van der Waals surface area contributed by atoms with E-state index in [4.69, 9.17) is 9.47 Å². The Hall–Kier alpha value is -4.09. The summed E-state index contributed by atoms with van der Waals surface area (Å²) in [7, 11) is 0.455. The topological polar surface area (TPSA) is 156 Å². The number of aromatic nitrogens is 4. The van der Waals surface area contributed by atoms with Crippen molar-refractivity contribution >= 4 is 32.6 Å². The van der Waals surface area contributed by atoms with E-state index in [2.05, 4.69) is 27.6 Å². The number of amides is 1. The highest BCUT2D eigenvalue weighted by molar-refractivity contribution is 7.90. The normalized spacial score (nSPS) is 13.2. The number of carbonyl (C=O) groups excluding carboxylic acids is 1. The Morgan fingerprint density at radius 3 is 2.58 bits per heavy atom. The molecular formula is C24H28N6O7S. The average Bonchev–Trinajstić information content (AvgIpc) is 3.64. The number of hydrogen-bond acceptors (Lipinski definition) is 9. The maximum atomic E-state index is 12.9. The number of imidazole rings is 1. The van der Waals surface area contributed by atoms with E-state index in [1.807, 2.05) is 0 Å². The fourth-order valence-electron chi connectivity index (χ4n) is 3.76. The van der Waals surface area contributed by atoms with Crippen LogP contribution in [0.4, 0.5) is 5.69 Å². The number of nitrogens with zero attached hydrogens (tertiary/aromatic N) is 4. The van der Waals surface area contributed by atoms with E-state index in [1.54, 1.807) is 25.3 Å². The molecule has 2 heterocycles. The van der Waals surface area contributed by atoms with Crippen LogP contribution in [0.2, 0.25) is 0 Å². The monoisotopic (exact) mass is 544 g/mol. The van der Waals surface area contributed by atoms with E-state index in [1.165, 1.54) is 14.1 Å². The summed E-state index contributed by atoms with van der Waals surface area (Å²) in [4.78, 5) is 42.1. The van der Waals surface area contributed by atoms with Crippen molar-refractivity contribution in [2.45, 2.75) is 24.5 Å². The fourth-order valence-corrected chi connectivity index (χ4v) is 4.53. The van der Waals surface area contributed by atoms with Crippen molar-refractivity contribution in [1.29, 1.82) is 0 Å². The van der Waals surface area contributed by atoms with Gasteiger partial charge in [0.05, 0.1) is 13.2 Å². The maximum absolute atomic E-state index is 12.9. The first-order valence-corrected chi connectivity index (χ1v) is 13.6. The summed E-state index contributed by atoms with van der Waals surface area (Å²) < 4.78 is 38.3. The molecule has 38 heavy (non-hydrogen) atoms. The Morgan fingerprint density at radius 2 is 1.95 bits per heavy atom. The van der Waals surface area contributed by atoms with Gasteiger partial charge in [0.15, 0.2) is 11.2 Å². The summed E-state index contributed by atoms with van der Waals surface area (Å²) in [5.74, 6) is 6.24. The van der Waals surface area contributed by atoms with Crippen molar-refractivity contribution in [2.75, 3.05) is 44.4 Å². The number of sulfone groups is 1. The third-order valence-corrected chi connectivity index (χ3v) is 6.75. The van der Waals surface area contributed by atoms with Gasteiger partial charge in [0, 0.05) is 50.7 Å². The second-order valence-electron chi connectivity index (χ2n) is 8.78. The van der Waals surface area contributed by atoms with Crippen molar-refractivity contribution in [3.8, 4) is 17.6 Å². The molecule has 2 N–H and O–H groups in total. The highest BCUT2D eigenvalue weighted by Gasteiger charge is 2.29. The zero-order valence-electron chi connectivity index (χ0n) is 21.4. The van der Waals surface area contributed by atoms with E-state index >= 15 is 0 Å². The minimum atomic E-state index is -3.83. The van der Waals surface area contributed by atoms with Crippen LogP contribution in [0, 0.1) is 17.8 Å². The van der Waals surface area contributed by atoms with Crippen LogP contribution in [-0.2, 0) is 33.0 Å². The van der Waals surface area contributed by atoms with E-state index in [0.717, 1.165) is 32.9 Å². The van der Waals surface area contributed by atoms with Crippen LogP contribution in [0.3, 0.4) is 0 Å². The van der Waals surface area contributed by atoms with Crippen LogP contribution < -0.4 is 26.7 Å². The lowest BCUT2D eigenvalue weighted by atomic mass is 10.2. The molecule has 1 fully saturated rings. The molecule has 1 aromatic carbocycles. The van der Waals surface area contributed by atoms with E-state index in [-0.39, 0.29) is 29.5 Å². The Morgan fingerprint density at radius 1 is 1.21 bits per heavy atom. The lowest BCUT2D eigenvalue weighted by molar-refractivity contribution is -0.117.